The Kier molecular flexibility index (Phi) is 1.96. The highest BCUT2D eigenvalue weighted by atomic mass is 19.1. The van der Waals surface area contributed by atoms with Crippen LogP contribution in [-0.4, -0.2) is 9.55 Å². The molecule has 4 heteroatoms. The van der Waals surface area contributed by atoms with Gasteiger partial charge in [-0.2, -0.15) is 0 Å². The summed E-state index contributed by atoms with van der Waals surface area (Å²) in [7, 11) is 0. The van der Waals surface area contributed by atoms with Crippen molar-refractivity contribution in [3.63, 3.8) is 0 Å². The van der Waals surface area contributed by atoms with Crippen molar-refractivity contribution in [1.29, 1.82) is 0 Å². The van der Waals surface area contributed by atoms with Crippen LogP contribution in [0.4, 0.5) is 10.1 Å². The van der Waals surface area contributed by atoms with Crippen molar-refractivity contribution in [2.45, 2.75) is 6.92 Å². The summed E-state index contributed by atoms with van der Waals surface area (Å²) in [5.41, 5.74) is 6.34. The van der Waals surface area contributed by atoms with Crippen LogP contribution in [0.2, 0.25) is 0 Å². The van der Waals surface area contributed by atoms with Gasteiger partial charge in [-0.25, -0.2) is 9.37 Å². The van der Waals surface area contributed by atoms with Gasteiger partial charge in [0.05, 0.1) is 5.69 Å². The molecule has 0 radical (unpaired) electrons. The fourth-order valence-corrected chi connectivity index (χ4v) is 1.35. The summed E-state index contributed by atoms with van der Waals surface area (Å²) in [6.07, 6.45) is 3.34. The smallest absolute Gasteiger partial charge is 0.149 e. The molecule has 0 unspecified atom stereocenters. The number of hydrogen-bond donors (Lipinski definition) is 1. The number of nitrogens with two attached hydrogens (primary N) is 1. The number of halogens is 1. The zero-order valence-corrected chi connectivity index (χ0v) is 7.74. The number of benzene rings is 1. The maximum atomic E-state index is 13.5. The molecule has 2 rings (SSSR count). The van der Waals surface area contributed by atoms with E-state index in [1.165, 1.54) is 6.07 Å². The Morgan fingerprint density at radius 1 is 1.43 bits per heavy atom. The van der Waals surface area contributed by atoms with Gasteiger partial charge in [0.1, 0.15) is 11.6 Å². The lowest BCUT2D eigenvalue weighted by Gasteiger charge is -2.06. The van der Waals surface area contributed by atoms with Crippen molar-refractivity contribution in [3.05, 3.63) is 42.2 Å². The number of nitrogen functional groups attached to an aromatic ring is 1. The molecule has 3 nitrogen and oxygen atoms in total. The van der Waals surface area contributed by atoms with E-state index in [0.29, 0.717) is 11.4 Å². The molecule has 2 aromatic rings. The number of aryl methyl sites for hydroxylation is 1. The summed E-state index contributed by atoms with van der Waals surface area (Å²) in [5, 5.41) is 0. The second-order valence-electron chi connectivity index (χ2n) is 3.06. The first-order valence-corrected chi connectivity index (χ1v) is 4.24. The van der Waals surface area contributed by atoms with Crippen molar-refractivity contribution in [2.75, 3.05) is 5.73 Å². The van der Waals surface area contributed by atoms with Crippen molar-refractivity contribution in [3.8, 4) is 5.69 Å². The minimum atomic E-state index is -0.342. The van der Waals surface area contributed by atoms with Crippen LogP contribution in [0.1, 0.15) is 5.82 Å². The first kappa shape index (κ1) is 8.74. The molecule has 0 amide bonds. The van der Waals surface area contributed by atoms with Crippen LogP contribution in [0.5, 0.6) is 0 Å². The topological polar surface area (TPSA) is 43.8 Å². The van der Waals surface area contributed by atoms with Gasteiger partial charge in [0.15, 0.2) is 0 Å². The third kappa shape index (κ3) is 1.35. The standard InChI is InChI=1S/C10H10FN3/c1-7-13-4-5-14(7)10-3-2-8(12)6-9(10)11/h2-6H,12H2,1H3. The zero-order valence-electron chi connectivity index (χ0n) is 7.74. The van der Waals surface area contributed by atoms with Crippen LogP contribution in [-0.2, 0) is 0 Å². The van der Waals surface area contributed by atoms with E-state index in [4.69, 9.17) is 5.73 Å². The Bertz CT molecular complexity index is 462. The van der Waals surface area contributed by atoms with E-state index < -0.39 is 0 Å². The third-order valence-electron chi connectivity index (χ3n) is 2.06. The van der Waals surface area contributed by atoms with Crippen molar-refractivity contribution < 1.29 is 4.39 Å². The molecule has 72 valence electrons. The second-order valence-corrected chi connectivity index (χ2v) is 3.06. The summed E-state index contributed by atoms with van der Waals surface area (Å²) in [4.78, 5) is 4.02. The highest BCUT2D eigenvalue weighted by Crippen LogP contribution is 2.17. The Morgan fingerprint density at radius 2 is 2.21 bits per heavy atom. The molecule has 1 aromatic carbocycles. The molecule has 14 heavy (non-hydrogen) atoms. The van der Waals surface area contributed by atoms with E-state index >= 15 is 0 Å². The summed E-state index contributed by atoms with van der Waals surface area (Å²) in [6, 6.07) is 4.60. The molecule has 1 aromatic heterocycles. The summed E-state index contributed by atoms with van der Waals surface area (Å²) in [5.74, 6) is 0.403. The molecular weight excluding hydrogens is 181 g/mol. The van der Waals surface area contributed by atoms with E-state index in [1.54, 1.807) is 29.1 Å². The van der Waals surface area contributed by atoms with Gasteiger partial charge in [0, 0.05) is 18.1 Å². The number of imidazole rings is 1. The largest absolute Gasteiger partial charge is 0.399 e. The van der Waals surface area contributed by atoms with Crippen LogP contribution in [0.15, 0.2) is 30.6 Å². The SMILES string of the molecule is Cc1nccn1-c1ccc(N)cc1F. The first-order valence-electron chi connectivity index (χ1n) is 4.24. The summed E-state index contributed by atoms with van der Waals surface area (Å²) >= 11 is 0. The molecule has 0 aliphatic rings. The van der Waals surface area contributed by atoms with E-state index in [1.807, 2.05) is 6.92 Å². The average Bonchev–Trinajstić information content (AvgIpc) is 2.52. The van der Waals surface area contributed by atoms with Crippen molar-refractivity contribution in [1.82, 2.24) is 9.55 Å². The lowest BCUT2D eigenvalue weighted by molar-refractivity contribution is 0.617. The molecule has 0 atom stereocenters. The Labute approximate surface area is 81.0 Å². The molecule has 0 spiro atoms. The molecule has 2 N–H and O–H groups in total. The number of aromatic nitrogens is 2. The van der Waals surface area contributed by atoms with Crippen molar-refractivity contribution in [2.24, 2.45) is 0 Å². The monoisotopic (exact) mass is 191 g/mol. The zero-order chi connectivity index (χ0) is 10.1. The van der Waals surface area contributed by atoms with E-state index in [-0.39, 0.29) is 5.82 Å². The number of hydrogen-bond acceptors (Lipinski definition) is 2. The lowest BCUT2D eigenvalue weighted by atomic mass is 10.2. The highest BCUT2D eigenvalue weighted by molar-refractivity contribution is 5.46. The molecule has 0 saturated heterocycles. The predicted molar refractivity (Wildman–Crippen MR) is 52.7 cm³/mol. The van der Waals surface area contributed by atoms with Gasteiger partial charge in [-0.15, -0.1) is 0 Å². The normalized spacial score (nSPS) is 10.4. The van der Waals surface area contributed by atoms with E-state index in [9.17, 15) is 4.39 Å². The molecular formula is C10H10FN3. The fraction of sp³-hybridized carbons (Fsp3) is 0.100. The van der Waals surface area contributed by atoms with Crippen LogP contribution in [0.25, 0.3) is 5.69 Å². The Balaban J connectivity index is 2.58. The van der Waals surface area contributed by atoms with Crippen LogP contribution >= 0.6 is 0 Å². The predicted octanol–water partition coefficient (Wildman–Crippen LogP) is 1.90. The molecule has 0 fully saturated rings. The van der Waals surface area contributed by atoms with Gasteiger partial charge in [-0.3, -0.25) is 0 Å². The Hall–Kier alpha value is -1.84. The molecule has 0 aliphatic heterocycles. The van der Waals surface area contributed by atoms with Gasteiger partial charge in [0.2, 0.25) is 0 Å². The minimum absolute atomic E-state index is 0.342. The highest BCUT2D eigenvalue weighted by Gasteiger charge is 2.06. The number of rotatable bonds is 1. The van der Waals surface area contributed by atoms with Gasteiger partial charge >= 0.3 is 0 Å². The average molecular weight is 191 g/mol. The fourth-order valence-electron chi connectivity index (χ4n) is 1.35. The number of anilines is 1. The lowest BCUT2D eigenvalue weighted by Crippen LogP contribution is -1.99. The maximum absolute atomic E-state index is 13.5. The molecule has 0 aliphatic carbocycles. The molecule has 1 heterocycles. The minimum Gasteiger partial charge on any atom is -0.399 e. The maximum Gasteiger partial charge on any atom is 0.149 e. The molecule has 0 saturated carbocycles. The number of nitrogens with zero attached hydrogens (tertiary/aromatic N) is 2. The van der Waals surface area contributed by atoms with E-state index in [0.717, 1.165) is 5.82 Å². The van der Waals surface area contributed by atoms with Gasteiger partial charge in [-0.1, -0.05) is 0 Å². The second kappa shape index (κ2) is 3.14. The van der Waals surface area contributed by atoms with Crippen LogP contribution in [0.3, 0.4) is 0 Å². The molecule has 0 bridgehead atoms. The Morgan fingerprint density at radius 3 is 2.79 bits per heavy atom. The van der Waals surface area contributed by atoms with Crippen LogP contribution < -0.4 is 5.73 Å². The summed E-state index contributed by atoms with van der Waals surface area (Å²) in [6.45, 7) is 1.82. The van der Waals surface area contributed by atoms with Crippen LogP contribution in [0, 0.1) is 12.7 Å². The first-order chi connectivity index (χ1) is 6.68. The van der Waals surface area contributed by atoms with Gasteiger partial charge in [0.25, 0.3) is 0 Å². The van der Waals surface area contributed by atoms with Gasteiger partial charge < -0.3 is 10.3 Å². The summed E-state index contributed by atoms with van der Waals surface area (Å²) < 4.78 is 15.1. The van der Waals surface area contributed by atoms with Gasteiger partial charge in [-0.05, 0) is 25.1 Å². The third-order valence-corrected chi connectivity index (χ3v) is 2.06. The van der Waals surface area contributed by atoms with Crippen molar-refractivity contribution >= 4 is 5.69 Å². The van der Waals surface area contributed by atoms with E-state index in [2.05, 4.69) is 4.98 Å². The quantitative estimate of drug-likeness (QED) is 0.699.